The number of nitrogens with zero attached hydrogens (tertiary/aromatic N) is 4. The topological polar surface area (TPSA) is 75.5 Å². The maximum Gasteiger partial charge on any atom is 0.333 e. The molecule has 0 N–H and O–H groups in total. The first-order valence-electron chi connectivity index (χ1n) is 7.06. The van der Waals surface area contributed by atoms with E-state index in [-0.39, 0.29) is 36.1 Å². The van der Waals surface area contributed by atoms with E-state index in [2.05, 4.69) is 5.10 Å². The summed E-state index contributed by atoms with van der Waals surface area (Å²) in [6.45, 7) is -2.13. The lowest BCUT2D eigenvalue weighted by Gasteiger charge is -2.33. The number of hydrogen-bond donors (Lipinski definition) is 0. The van der Waals surface area contributed by atoms with E-state index in [9.17, 15) is 22.0 Å². The molecule has 1 aliphatic rings. The molecule has 1 aliphatic heterocycles. The predicted molar refractivity (Wildman–Crippen MR) is 82.5 cm³/mol. The van der Waals surface area contributed by atoms with E-state index in [0.717, 1.165) is 17.5 Å². The highest BCUT2D eigenvalue weighted by Gasteiger charge is 2.31. The van der Waals surface area contributed by atoms with Gasteiger partial charge in [0.1, 0.15) is 4.21 Å². The van der Waals surface area contributed by atoms with Gasteiger partial charge in [-0.15, -0.1) is 11.3 Å². The van der Waals surface area contributed by atoms with E-state index in [1.807, 2.05) is 0 Å². The van der Waals surface area contributed by atoms with Crippen molar-refractivity contribution in [1.82, 2.24) is 19.0 Å². The Bertz CT molecular complexity index is 812. The molecule has 0 saturated carbocycles. The van der Waals surface area contributed by atoms with Crippen molar-refractivity contribution in [1.29, 1.82) is 0 Å². The van der Waals surface area contributed by atoms with Gasteiger partial charge in [0, 0.05) is 32.4 Å². The van der Waals surface area contributed by atoms with Crippen molar-refractivity contribution in [2.75, 3.05) is 26.2 Å². The number of sulfonamides is 1. The Kier molecular flexibility index (Phi) is 4.65. The number of hydrogen-bond acceptors (Lipinski definition) is 5. The maximum absolute atomic E-state index is 12.5. The molecule has 0 bridgehead atoms. The van der Waals surface area contributed by atoms with E-state index in [0.29, 0.717) is 4.68 Å². The van der Waals surface area contributed by atoms with Crippen molar-refractivity contribution < 1.29 is 22.0 Å². The van der Waals surface area contributed by atoms with Gasteiger partial charge in [-0.05, 0) is 17.5 Å². The summed E-state index contributed by atoms with van der Waals surface area (Å²) in [6.07, 6.45) is 1.04. The second-order valence-corrected chi connectivity index (χ2v) is 8.20. The zero-order valence-electron chi connectivity index (χ0n) is 12.4. The standard InChI is InChI=1S/C13H14F2N4O3S2/c14-13(15)19-4-3-10(16-19)12(20)17-5-7-18(8-6-17)24(21,22)11-2-1-9-23-11/h1-4,9,13H,5-8H2. The molecule has 0 radical (unpaired) electrons. The third-order valence-corrected chi connectivity index (χ3v) is 6.91. The van der Waals surface area contributed by atoms with Crippen LogP contribution < -0.4 is 0 Å². The molecule has 130 valence electrons. The Morgan fingerprint density at radius 2 is 1.92 bits per heavy atom. The van der Waals surface area contributed by atoms with E-state index in [1.54, 1.807) is 11.4 Å². The van der Waals surface area contributed by atoms with Gasteiger partial charge in [-0.25, -0.2) is 13.1 Å². The molecule has 1 amide bonds. The van der Waals surface area contributed by atoms with Crippen molar-refractivity contribution in [3.05, 3.63) is 35.5 Å². The summed E-state index contributed by atoms with van der Waals surface area (Å²) in [6, 6.07) is 4.43. The zero-order chi connectivity index (χ0) is 17.3. The Labute approximate surface area is 141 Å². The van der Waals surface area contributed by atoms with Crippen molar-refractivity contribution in [2.45, 2.75) is 10.8 Å². The molecule has 0 spiro atoms. The average molecular weight is 376 g/mol. The fraction of sp³-hybridized carbons (Fsp3) is 0.385. The maximum atomic E-state index is 12.5. The van der Waals surface area contributed by atoms with Crippen LogP contribution in [0, 0.1) is 0 Å². The van der Waals surface area contributed by atoms with Crippen molar-refractivity contribution in [2.24, 2.45) is 0 Å². The molecule has 3 heterocycles. The molecule has 2 aromatic rings. The fourth-order valence-electron chi connectivity index (χ4n) is 2.39. The molecular formula is C13H14F2N4O3S2. The molecule has 2 aromatic heterocycles. The van der Waals surface area contributed by atoms with Crippen LogP contribution in [-0.4, -0.2) is 59.5 Å². The minimum Gasteiger partial charge on any atom is -0.335 e. The van der Waals surface area contributed by atoms with Gasteiger partial charge in [0.15, 0.2) is 5.69 Å². The summed E-state index contributed by atoms with van der Waals surface area (Å²) in [7, 11) is -3.54. The predicted octanol–water partition coefficient (Wildman–Crippen LogP) is 1.49. The zero-order valence-corrected chi connectivity index (χ0v) is 14.0. The molecule has 1 saturated heterocycles. The number of carbonyl (C=O) groups excluding carboxylic acids is 1. The number of amides is 1. The summed E-state index contributed by atoms with van der Waals surface area (Å²) in [5.41, 5.74) is -0.0788. The number of piperazine rings is 1. The van der Waals surface area contributed by atoms with Crippen molar-refractivity contribution >= 4 is 27.3 Å². The number of aromatic nitrogens is 2. The Balaban J connectivity index is 1.65. The van der Waals surface area contributed by atoms with E-state index in [1.165, 1.54) is 21.3 Å². The third-order valence-electron chi connectivity index (χ3n) is 3.64. The molecule has 7 nitrogen and oxygen atoms in total. The first kappa shape index (κ1) is 17.0. The van der Waals surface area contributed by atoms with Crippen LogP contribution in [0.2, 0.25) is 0 Å². The summed E-state index contributed by atoms with van der Waals surface area (Å²) in [4.78, 5) is 13.7. The lowest BCUT2D eigenvalue weighted by molar-refractivity contribution is 0.0545. The fourth-order valence-corrected chi connectivity index (χ4v) is 4.96. The summed E-state index contributed by atoms with van der Waals surface area (Å²) in [5.74, 6) is -0.484. The molecule has 0 aromatic carbocycles. The van der Waals surface area contributed by atoms with Gasteiger partial charge in [-0.1, -0.05) is 6.07 Å². The van der Waals surface area contributed by atoms with Crippen LogP contribution in [0.25, 0.3) is 0 Å². The molecule has 24 heavy (non-hydrogen) atoms. The van der Waals surface area contributed by atoms with E-state index in [4.69, 9.17) is 0 Å². The smallest absolute Gasteiger partial charge is 0.333 e. The van der Waals surface area contributed by atoms with Crippen molar-refractivity contribution in [3.63, 3.8) is 0 Å². The minimum absolute atomic E-state index is 0.0788. The highest BCUT2D eigenvalue weighted by molar-refractivity contribution is 7.91. The second-order valence-electron chi connectivity index (χ2n) is 5.09. The number of alkyl halides is 2. The average Bonchev–Trinajstić information content (AvgIpc) is 3.26. The molecular weight excluding hydrogens is 362 g/mol. The van der Waals surface area contributed by atoms with Crippen molar-refractivity contribution in [3.8, 4) is 0 Å². The number of thiophene rings is 1. The largest absolute Gasteiger partial charge is 0.335 e. The van der Waals surface area contributed by atoms with E-state index < -0.39 is 22.5 Å². The number of carbonyl (C=O) groups is 1. The van der Waals surface area contributed by atoms with Crippen LogP contribution in [0.3, 0.4) is 0 Å². The Morgan fingerprint density at radius 3 is 2.46 bits per heavy atom. The van der Waals surface area contributed by atoms with Crippen LogP contribution in [0.1, 0.15) is 17.0 Å². The van der Waals surface area contributed by atoms with Gasteiger partial charge >= 0.3 is 6.55 Å². The van der Waals surface area contributed by atoms with Gasteiger partial charge in [-0.2, -0.15) is 18.2 Å². The quantitative estimate of drug-likeness (QED) is 0.810. The molecule has 0 atom stereocenters. The van der Waals surface area contributed by atoms with Gasteiger partial charge < -0.3 is 4.90 Å². The summed E-state index contributed by atoms with van der Waals surface area (Å²) >= 11 is 1.14. The molecule has 0 aliphatic carbocycles. The van der Waals surface area contributed by atoms with Gasteiger partial charge in [0.2, 0.25) is 0 Å². The monoisotopic (exact) mass is 376 g/mol. The lowest BCUT2D eigenvalue weighted by Crippen LogP contribution is -2.50. The Hall–Kier alpha value is -1.85. The first-order valence-corrected chi connectivity index (χ1v) is 9.38. The van der Waals surface area contributed by atoms with Crippen LogP contribution >= 0.6 is 11.3 Å². The Morgan fingerprint density at radius 1 is 1.21 bits per heavy atom. The summed E-state index contributed by atoms with van der Waals surface area (Å²) in [5, 5.41) is 5.23. The number of rotatable bonds is 4. The highest BCUT2D eigenvalue weighted by atomic mass is 32.2. The van der Waals surface area contributed by atoms with Crippen LogP contribution in [0.4, 0.5) is 8.78 Å². The minimum atomic E-state index is -3.54. The van der Waals surface area contributed by atoms with Gasteiger partial charge in [-0.3, -0.25) is 4.79 Å². The highest BCUT2D eigenvalue weighted by Crippen LogP contribution is 2.22. The first-order chi connectivity index (χ1) is 11.4. The third kappa shape index (κ3) is 3.19. The van der Waals surface area contributed by atoms with Gasteiger partial charge in [0.25, 0.3) is 15.9 Å². The van der Waals surface area contributed by atoms with E-state index >= 15 is 0 Å². The molecule has 3 rings (SSSR count). The SMILES string of the molecule is O=C(c1ccn(C(F)F)n1)N1CCN(S(=O)(=O)c2cccs2)CC1. The normalized spacial score (nSPS) is 16.7. The van der Waals surface area contributed by atoms with Crippen LogP contribution in [0.5, 0.6) is 0 Å². The molecule has 11 heteroatoms. The molecule has 0 unspecified atom stereocenters. The second kappa shape index (κ2) is 6.57. The van der Waals surface area contributed by atoms with Crippen LogP contribution in [-0.2, 0) is 10.0 Å². The van der Waals surface area contributed by atoms with Gasteiger partial charge in [0.05, 0.1) is 0 Å². The van der Waals surface area contributed by atoms with Crippen LogP contribution in [0.15, 0.2) is 34.0 Å². The number of halogens is 2. The lowest BCUT2D eigenvalue weighted by atomic mass is 10.3. The summed E-state index contributed by atoms with van der Waals surface area (Å²) < 4.78 is 51.8. The molecule has 1 fully saturated rings.